The molecule has 0 heterocycles. The van der Waals surface area contributed by atoms with Gasteiger partial charge in [-0.3, -0.25) is 4.90 Å². The standard InChI is InChI=1S/C20H25FN2O/c1-23(14-16-7-3-2-4-8-16)15-17(24)13-22-20(11-12-20)18-9-5-6-10-19(18)21/h2-10,17,22,24H,11-15H2,1H3. The van der Waals surface area contributed by atoms with Gasteiger partial charge < -0.3 is 10.4 Å². The Hall–Kier alpha value is -1.75. The van der Waals surface area contributed by atoms with Crippen LogP contribution in [0.25, 0.3) is 0 Å². The molecule has 128 valence electrons. The molecule has 4 heteroatoms. The van der Waals surface area contributed by atoms with E-state index in [-0.39, 0.29) is 11.4 Å². The van der Waals surface area contributed by atoms with E-state index in [2.05, 4.69) is 22.3 Å². The lowest BCUT2D eigenvalue weighted by molar-refractivity contribution is 0.117. The molecule has 0 spiro atoms. The Morgan fingerprint density at radius 2 is 1.79 bits per heavy atom. The molecule has 1 unspecified atom stereocenters. The summed E-state index contributed by atoms with van der Waals surface area (Å²) in [4.78, 5) is 2.10. The third kappa shape index (κ3) is 4.20. The van der Waals surface area contributed by atoms with Crippen LogP contribution in [0.1, 0.15) is 24.0 Å². The van der Waals surface area contributed by atoms with E-state index in [9.17, 15) is 9.50 Å². The molecule has 2 aromatic rings. The van der Waals surface area contributed by atoms with Crippen LogP contribution in [0.3, 0.4) is 0 Å². The molecule has 1 saturated carbocycles. The summed E-state index contributed by atoms with van der Waals surface area (Å²) in [6, 6.07) is 17.1. The average Bonchev–Trinajstić information content (AvgIpc) is 3.35. The van der Waals surface area contributed by atoms with Crippen molar-refractivity contribution in [2.75, 3.05) is 20.1 Å². The van der Waals surface area contributed by atoms with E-state index >= 15 is 0 Å². The van der Waals surface area contributed by atoms with Crippen LogP contribution >= 0.6 is 0 Å². The first-order chi connectivity index (χ1) is 11.6. The molecule has 1 fully saturated rings. The number of benzene rings is 2. The third-order valence-corrected chi connectivity index (χ3v) is 4.63. The van der Waals surface area contributed by atoms with Gasteiger partial charge in [-0.2, -0.15) is 0 Å². The number of hydrogen-bond acceptors (Lipinski definition) is 3. The van der Waals surface area contributed by atoms with E-state index in [0.29, 0.717) is 13.1 Å². The van der Waals surface area contributed by atoms with E-state index in [4.69, 9.17) is 0 Å². The Bertz CT molecular complexity index is 658. The summed E-state index contributed by atoms with van der Waals surface area (Å²) in [5, 5.41) is 13.7. The lowest BCUT2D eigenvalue weighted by atomic mass is 10.0. The van der Waals surface area contributed by atoms with Crippen molar-refractivity contribution in [2.24, 2.45) is 0 Å². The van der Waals surface area contributed by atoms with Gasteiger partial charge in [-0.15, -0.1) is 0 Å². The Labute approximate surface area is 143 Å². The van der Waals surface area contributed by atoms with Crippen molar-refractivity contribution in [3.8, 4) is 0 Å². The number of aliphatic hydroxyl groups excluding tert-OH is 1. The normalized spacial score (nSPS) is 17.0. The molecule has 3 rings (SSSR count). The monoisotopic (exact) mass is 328 g/mol. The van der Waals surface area contributed by atoms with Gasteiger partial charge in [-0.05, 0) is 31.5 Å². The summed E-state index contributed by atoms with van der Waals surface area (Å²) < 4.78 is 14.0. The SMILES string of the molecule is CN(Cc1ccccc1)CC(O)CNC1(c2ccccc2F)CC1. The molecule has 0 amide bonds. The number of aliphatic hydroxyl groups is 1. The predicted molar refractivity (Wildman–Crippen MR) is 94.1 cm³/mol. The molecule has 1 aliphatic carbocycles. The molecule has 2 N–H and O–H groups in total. The van der Waals surface area contributed by atoms with Gasteiger partial charge in [0.05, 0.1) is 6.10 Å². The molecule has 0 bridgehead atoms. The van der Waals surface area contributed by atoms with E-state index in [1.165, 1.54) is 11.6 Å². The number of rotatable bonds is 8. The predicted octanol–water partition coefficient (Wildman–Crippen LogP) is 2.90. The smallest absolute Gasteiger partial charge is 0.128 e. The van der Waals surface area contributed by atoms with E-state index in [1.54, 1.807) is 6.07 Å². The van der Waals surface area contributed by atoms with Crippen LogP contribution < -0.4 is 5.32 Å². The molecule has 0 radical (unpaired) electrons. The molecule has 3 nitrogen and oxygen atoms in total. The summed E-state index contributed by atoms with van der Waals surface area (Å²) >= 11 is 0. The largest absolute Gasteiger partial charge is 0.390 e. The van der Waals surface area contributed by atoms with Crippen molar-refractivity contribution in [1.29, 1.82) is 0 Å². The number of hydrogen-bond donors (Lipinski definition) is 2. The lowest BCUT2D eigenvalue weighted by Crippen LogP contribution is -2.41. The van der Waals surface area contributed by atoms with Crippen LogP contribution in [0.4, 0.5) is 4.39 Å². The van der Waals surface area contributed by atoms with Gasteiger partial charge in [0.25, 0.3) is 0 Å². The van der Waals surface area contributed by atoms with Crippen LogP contribution in [-0.4, -0.2) is 36.2 Å². The van der Waals surface area contributed by atoms with Crippen molar-refractivity contribution in [2.45, 2.75) is 31.0 Å². The van der Waals surface area contributed by atoms with Gasteiger partial charge >= 0.3 is 0 Å². The molecule has 1 atom stereocenters. The number of halogens is 1. The van der Waals surface area contributed by atoms with Crippen LogP contribution in [0.15, 0.2) is 54.6 Å². The molecule has 0 aromatic heterocycles. The Kier molecular flexibility index (Phi) is 5.29. The zero-order valence-electron chi connectivity index (χ0n) is 14.1. The Morgan fingerprint density at radius 3 is 2.46 bits per heavy atom. The number of likely N-dealkylation sites (N-methyl/N-ethyl adjacent to an activating group) is 1. The summed E-state index contributed by atoms with van der Waals surface area (Å²) in [5.74, 6) is -0.168. The van der Waals surface area contributed by atoms with Crippen molar-refractivity contribution in [1.82, 2.24) is 10.2 Å². The van der Waals surface area contributed by atoms with Crippen molar-refractivity contribution in [3.05, 3.63) is 71.5 Å². The third-order valence-electron chi connectivity index (χ3n) is 4.63. The Morgan fingerprint density at radius 1 is 1.12 bits per heavy atom. The van der Waals surface area contributed by atoms with Crippen molar-refractivity contribution < 1.29 is 9.50 Å². The van der Waals surface area contributed by atoms with Crippen LogP contribution in [0.2, 0.25) is 0 Å². The first-order valence-corrected chi connectivity index (χ1v) is 8.50. The van der Waals surface area contributed by atoms with Gasteiger partial charge in [0, 0.05) is 30.7 Å². The first kappa shape index (κ1) is 17.1. The van der Waals surface area contributed by atoms with Gasteiger partial charge in [-0.1, -0.05) is 48.5 Å². The molecule has 0 saturated heterocycles. The molecular formula is C20H25FN2O. The van der Waals surface area contributed by atoms with Gasteiger partial charge in [0.15, 0.2) is 0 Å². The minimum Gasteiger partial charge on any atom is -0.390 e. The van der Waals surface area contributed by atoms with Crippen LogP contribution in [0.5, 0.6) is 0 Å². The maximum Gasteiger partial charge on any atom is 0.128 e. The van der Waals surface area contributed by atoms with E-state index in [1.807, 2.05) is 37.4 Å². The fraction of sp³-hybridized carbons (Fsp3) is 0.400. The fourth-order valence-electron chi connectivity index (χ4n) is 3.21. The molecule has 2 aromatic carbocycles. The summed E-state index contributed by atoms with van der Waals surface area (Å²) in [6.45, 7) is 1.85. The van der Waals surface area contributed by atoms with E-state index in [0.717, 1.165) is 24.9 Å². The van der Waals surface area contributed by atoms with Crippen molar-refractivity contribution >= 4 is 0 Å². The zero-order valence-corrected chi connectivity index (χ0v) is 14.1. The fourth-order valence-corrected chi connectivity index (χ4v) is 3.21. The summed E-state index contributed by atoms with van der Waals surface area (Å²) in [7, 11) is 2.00. The van der Waals surface area contributed by atoms with E-state index < -0.39 is 6.10 Å². The second-order valence-electron chi connectivity index (χ2n) is 6.78. The first-order valence-electron chi connectivity index (χ1n) is 8.50. The zero-order chi connectivity index (χ0) is 17.0. The molecule has 24 heavy (non-hydrogen) atoms. The van der Waals surface area contributed by atoms with Crippen LogP contribution in [-0.2, 0) is 12.1 Å². The highest BCUT2D eigenvalue weighted by Crippen LogP contribution is 2.46. The quantitative estimate of drug-likeness (QED) is 0.782. The number of nitrogens with zero attached hydrogens (tertiary/aromatic N) is 1. The minimum absolute atomic E-state index is 0.168. The Balaban J connectivity index is 1.49. The topological polar surface area (TPSA) is 35.5 Å². The summed E-state index contributed by atoms with van der Waals surface area (Å²) in [5.41, 5.74) is 1.66. The van der Waals surface area contributed by atoms with Gasteiger partial charge in [0.1, 0.15) is 5.82 Å². The number of nitrogens with one attached hydrogen (secondary N) is 1. The molecular weight excluding hydrogens is 303 g/mol. The summed E-state index contributed by atoms with van der Waals surface area (Å²) in [6.07, 6.45) is 1.35. The molecule has 0 aliphatic heterocycles. The molecule has 1 aliphatic rings. The van der Waals surface area contributed by atoms with Crippen LogP contribution in [0, 0.1) is 5.82 Å². The lowest BCUT2D eigenvalue weighted by Gasteiger charge is -2.24. The highest BCUT2D eigenvalue weighted by Gasteiger charge is 2.45. The van der Waals surface area contributed by atoms with Crippen molar-refractivity contribution in [3.63, 3.8) is 0 Å². The second kappa shape index (κ2) is 7.43. The van der Waals surface area contributed by atoms with Gasteiger partial charge in [0.2, 0.25) is 0 Å². The maximum atomic E-state index is 14.0. The van der Waals surface area contributed by atoms with Gasteiger partial charge in [-0.25, -0.2) is 4.39 Å². The minimum atomic E-state index is -0.483. The highest BCUT2D eigenvalue weighted by molar-refractivity contribution is 5.31. The maximum absolute atomic E-state index is 14.0. The highest BCUT2D eigenvalue weighted by atomic mass is 19.1. The average molecular weight is 328 g/mol. The second-order valence-corrected chi connectivity index (χ2v) is 6.78.